The summed E-state index contributed by atoms with van der Waals surface area (Å²) >= 11 is 0. The predicted molar refractivity (Wildman–Crippen MR) is 144 cm³/mol. The molecular formula is C28H37F6N5O2. The second-order valence-corrected chi connectivity index (χ2v) is 10.2. The quantitative estimate of drug-likeness (QED) is 0.251. The molecule has 0 bridgehead atoms. The Hall–Kier alpha value is -3.09. The number of rotatable bonds is 10. The number of nitrogens with one attached hydrogen (secondary N) is 1. The van der Waals surface area contributed by atoms with E-state index in [2.05, 4.69) is 15.0 Å². The lowest BCUT2D eigenvalue weighted by molar-refractivity contribution is -0.139. The first-order valence-electron chi connectivity index (χ1n) is 13.6. The van der Waals surface area contributed by atoms with Crippen LogP contribution in [0.25, 0.3) is 0 Å². The van der Waals surface area contributed by atoms with Crippen LogP contribution in [0.5, 0.6) is 0 Å². The van der Waals surface area contributed by atoms with Crippen molar-refractivity contribution in [3.8, 4) is 0 Å². The van der Waals surface area contributed by atoms with Crippen LogP contribution >= 0.6 is 0 Å². The minimum Gasteiger partial charge on any atom is -0.372 e. The zero-order valence-electron chi connectivity index (χ0n) is 24.0. The molecule has 0 amide bonds. The Morgan fingerprint density at radius 1 is 1.12 bits per heavy atom. The third-order valence-corrected chi connectivity index (χ3v) is 7.38. The molecule has 13 heteroatoms. The number of aliphatic imine (C=N–C) groups is 1. The fraction of sp³-hybridized carbons (Fsp3) is 0.607. The first-order chi connectivity index (χ1) is 19.2. The third kappa shape index (κ3) is 8.23. The molecule has 2 fully saturated rings. The maximum absolute atomic E-state index is 13.3. The molecule has 0 spiro atoms. The Morgan fingerprint density at radius 3 is 2.24 bits per heavy atom. The largest absolute Gasteiger partial charge is 0.422 e. The molecule has 3 rings (SSSR count). The van der Waals surface area contributed by atoms with Gasteiger partial charge < -0.3 is 14.5 Å². The van der Waals surface area contributed by atoms with Crippen LogP contribution in [-0.4, -0.2) is 65.2 Å². The van der Waals surface area contributed by atoms with Crippen molar-refractivity contribution in [3.63, 3.8) is 0 Å². The average molecular weight is 590 g/mol. The zero-order valence-corrected chi connectivity index (χ0v) is 24.0. The van der Waals surface area contributed by atoms with E-state index < -0.39 is 35.2 Å². The highest BCUT2D eigenvalue weighted by Gasteiger charge is 2.38. The number of halogens is 6. The number of alkyl halides is 6. The van der Waals surface area contributed by atoms with E-state index in [0.717, 1.165) is 36.4 Å². The highest BCUT2D eigenvalue weighted by atomic mass is 19.4. The van der Waals surface area contributed by atoms with E-state index in [1.165, 1.54) is 19.4 Å². The fourth-order valence-electron chi connectivity index (χ4n) is 4.86. The molecule has 1 aliphatic carbocycles. The fourth-order valence-corrected chi connectivity index (χ4v) is 4.86. The molecule has 1 aromatic rings. The monoisotopic (exact) mass is 589 g/mol. The lowest BCUT2D eigenvalue weighted by atomic mass is 10.1. The van der Waals surface area contributed by atoms with Crippen LogP contribution in [0.15, 0.2) is 44.1 Å². The minimum atomic E-state index is -4.80. The molecule has 7 nitrogen and oxygen atoms in total. The molecule has 1 aliphatic heterocycles. The second-order valence-electron chi connectivity index (χ2n) is 10.2. The summed E-state index contributed by atoms with van der Waals surface area (Å²) in [6.45, 7) is 10.7. The van der Waals surface area contributed by atoms with E-state index in [9.17, 15) is 31.1 Å². The highest BCUT2D eigenvalue weighted by molar-refractivity contribution is 5.81. The van der Waals surface area contributed by atoms with Crippen molar-refractivity contribution in [1.29, 1.82) is 0 Å². The van der Waals surface area contributed by atoms with Gasteiger partial charge in [0.2, 0.25) is 0 Å². The molecule has 41 heavy (non-hydrogen) atoms. The molecule has 228 valence electrons. The summed E-state index contributed by atoms with van der Waals surface area (Å²) in [6.07, 6.45) is -5.01. The summed E-state index contributed by atoms with van der Waals surface area (Å²) in [5.74, 6) is 0.551. The summed E-state index contributed by atoms with van der Waals surface area (Å²) in [5.41, 5.74) is -0.244. The van der Waals surface area contributed by atoms with E-state index in [-0.39, 0.29) is 17.9 Å². The van der Waals surface area contributed by atoms with Gasteiger partial charge in [-0.15, -0.1) is 0 Å². The molecule has 0 aromatic carbocycles. The maximum atomic E-state index is 13.3. The van der Waals surface area contributed by atoms with Gasteiger partial charge in [-0.25, -0.2) is 10.1 Å². The number of hydrogen-bond donors (Lipinski definition) is 1. The Balaban J connectivity index is 1.64. The number of aromatic amines is 1. The lowest BCUT2D eigenvalue weighted by Gasteiger charge is -2.39. The zero-order chi connectivity index (χ0) is 30.5. The molecule has 1 N–H and O–H groups in total. The molecule has 1 saturated heterocycles. The first-order valence-corrected chi connectivity index (χ1v) is 13.6. The first kappa shape index (κ1) is 32.4. The highest BCUT2D eigenvalue weighted by Crippen LogP contribution is 2.36. The van der Waals surface area contributed by atoms with Gasteiger partial charge in [0.1, 0.15) is 11.4 Å². The SMILES string of the molecule is C/C=C(\C=N/C(=C(C)CC)N1CCN(C(CCOC(C)c2n[nH]c(=O)c(C(F)(F)F)c2C)=C2CC2)CC1)C(F)(F)F. The number of ether oxygens (including phenoxy) is 1. The van der Waals surface area contributed by atoms with Crippen LogP contribution < -0.4 is 5.56 Å². The summed E-state index contributed by atoms with van der Waals surface area (Å²) < 4.78 is 85.4. The number of nitrogens with zero attached hydrogens (tertiary/aromatic N) is 4. The van der Waals surface area contributed by atoms with Crippen molar-refractivity contribution < 1.29 is 31.1 Å². The topological polar surface area (TPSA) is 73.8 Å². The molecule has 1 aromatic heterocycles. The van der Waals surface area contributed by atoms with E-state index in [4.69, 9.17) is 4.74 Å². The minimum absolute atomic E-state index is 0.0314. The van der Waals surface area contributed by atoms with Crippen LogP contribution in [-0.2, 0) is 10.9 Å². The van der Waals surface area contributed by atoms with Crippen LogP contribution in [0.4, 0.5) is 26.3 Å². The summed E-state index contributed by atoms with van der Waals surface area (Å²) in [4.78, 5) is 20.2. The van der Waals surface area contributed by atoms with Crippen molar-refractivity contribution in [1.82, 2.24) is 20.0 Å². The normalized spacial score (nSPS) is 18.2. The van der Waals surface area contributed by atoms with Gasteiger partial charge in [0.05, 0.1) is 24.0 Å². The van der Waals surface area contributed by atoms with Gasteiger partial charge in [-0.05, 0) is 58.1 Å². The van der Waals surface area contributed by atoms with Crippen LogP contribution in [0, 0.1) is 6.92 Å². The Bertz CT molecular complexity index is 1260. The number of piperazine rings is 1. The van der Waals surface area contributed by atoms with Crippen LogP contribution in [0.2, 0.25) is 0 Å². The van der Waals surface area contributed by atoms with E-state index in [1.54, 1.807) is 6.92 Å². The predicted octanol–water partition coefficient (Wildman–Crippen LogP) is 6.45. The molecule has 1 saturated carbocycles. The lowest BCUT2D eigenvalue weighted by Crippen LogP contribution is -2.45. The van der Waals surface area contributed by atoms with Crippen molar-refractivity contribution >= 4 is 6.21 Å². The summed E-state index contributed by atoms with van der Waals surface area (Å²) in [6, 6.07) is 0. The molecule has 2 aliphatic rings. The number of allylic oxidation sites excluding steroid dienone is 4. The van der Waals surface area contributed by atoms with E-state index >= 15 is 0 Å². The van der Waals surface area contributed by atoms with E-state index in [0.29, 0.717) is 44.8 Å². The van der Waals surface area contributed by atoms with Gasteiger partial charge >= 0.3 is 12.4 Å². The molecule has 1 atom stereocenters. The standard InChI is InChI=1S/C28H37F6N5O2/c1-6-17(3)25(35-16-21(7-2)27(29,30)31)39-13-11-38(12-14-39)22(20-8-9-20)10-15-41-19(5)24-18(4)23(28(32,33)34)26(40)37-36-24/h7,16,19H,6,8-15H2,1-5H3,(H,37,40)/b21-7+,25-17?,35-16-. The molecular weight excluding hydrogens is 552 g/mol. The molecule has 1 unspecified atom stereocenters. The molecule has 0 radical (unpaired) electrons. The summed E-state index contributed by atoms with van der Waals surface area (Å²) in [5, 5.41) is 5.73. The van der Waals surface area contributed by atoms with Crippen molar-refractivity contribution in [2.45, 2.75) is 78.8 Å². The maximum Gasteiger partial charge on any atom is 0.422 e. The van der Waals surface area contributed by atoms with Crippen molar-refractivity contribution in [2.24, 2.45) is 4.99 Å². The van der Waals surface area contributed by atoms with Crippen LogP contribution in [0.3, 0.4) is 0 Å². The second kappa shape index (κ2) is 13.3. The van der Waals surface area contributed by atoms with Gasteiger partial charge in [-0.2, -0.15) is 31.4 Å². The number of aromatic nitrogens is 2. The third-order valence-electron chi connectivity index (χ3n) is 7.38. The van der Waals surface area contributed by atoms with Gasteiger partial charge in [0.15, 0.2) is 0 Å². The van der Waals surface area contributed by atoms with Crippen LogP contribution in [0.1, 0.15) is 76.3 Å². The van der Waals surface area contributed by atoms with Crippen molar-refractivity contribution in [2.75, 3.05) is 32.8 Å². The Morgan fingerprint density at radius 2 is 1.73 bits per heavy atom. The van der Waals surface area contributed by atoms with Gasteiger partial charge in [-0.1, -0.05) is 18.6 Å². The van der Waals surface area contributed by atoms with Gasteiger partial charge in [0.25, 0.3) is 5.56 Å². The number of hydrogen-bond acceptors (Lipinski definition) is 6. The Labute approximate surface area is 235 Å². The summed E-state index contributed by atoms with van der Waals surface area (Å²) in [7, 11) is 0. The number of H-pyrrole nitrogens is 1. The smallest absolute Gasteiger partial charge is 0.372 e. The van der Waals surface area contributed by atoms with Gasteiger partial charge in [0, 0.05) is 44.5 Å². The van der Waals surface area contributed by atoms with E-state index in [1.807, 2.05) is 23.8 Å². The Kier molecular flexibility index (Phi) is 10.5. The van der Waals surface area contributed by atoms with Crippen molar-refractivity contribution in [3.05, 3.63) is 61.5 Å². The average Bonchev–Trinajstić information content (AvgIpc) is 3.73. The molecule has 2 heterocycles. The van der Waals surface area contributed by atoms with Gasteiger partial charge in [-0.3, -0.25) is 4.79 Å².